The summed E-state index contributed by atoms with van der Waals surface area (Å²) in [5.74, 6) is 0. The van der Waals surface area contributed by atoms with E-state index in [0.29, 0.717) is 17.8 Å². The van der Waals surface area contributed by atoms with Crippen LogP contribution in [0.3, 0.4) is 0 Å². The molecule has 0 aromatic carbocycles. The molecule has 1 N–H and O–H groups in total. The highest BCUT2D eigenvalue weighted by Gasteiger charge is 2.48. The number of methoxy groups -OCH3 is 1. The average Bonchev–Trinajstić information content (AvgIpc) is 2.34. The zero-order chi connectivity index (χ0) is 12.5. The fourth-order valence-electron chi connectivity index (χ4n) is 2.28. The summed E-state index contributed by atoms with van der Waals surface area (Å²) in [5.41, 5.74) is 1.53. The monoisotopic (exact) mass is 231 g/mol. The lowest BCUT2D eigenvalue weighted by atomic mass is 9.64. The second-order valence-corrected chi connectivity index (χ2v) is 5.02. The highest BCUT2D eigenvalue weighted by molar-refractivity contribution is 5.45. The lowest BCUT2D eigenvalue weighted by Crippen LogP contribution is -2.57. The zero-order valence-electron chi connectivity index (χ0n) is 10.4. The molecule has 4 nitrogen and oxygen atoms in total. The van der Waals surface area contributed by atoms with Crippen LogP contribution in [0.1, 0.15) is 26.0 Å². The third kappa shape index (κ3) is 2.11. The third-order valence-electron chi connectivity index (χ3n) is 3.68. The fourth-order valence-corrected chi connectivity index (χ4v) is 2.28. The Morgan fingerprint density at radius 1 is 1.53 bits per heavy atom. The molecule has 2 unspecified atom stereocenters. The van der Waals surface area contributed by atoms with Crippen LogP contribution in [0.4, 0.5) is 5.69 Å². The van der Waals surface area contributed by atoms with Gasteiger partial charge in [-0.3, -0.25) is 0 Å². The summed E-state index contributed by atoms with van der Waals surface area (Å²) in [4.78, 5) is 4.04. The van der Waals surface area contributed by atoms with Crippen LogP contribution in [0.5, 0.6) is 0 Å². The molecule has 90 valence electrons. The second kappa shape index (κ2) is 4.34. The maximum atomic E-state index is 8.67. The Kier molecular flexibility index (Phi) is 3.03. The van der Waals surface area contributed by atoms with Crippen molar-refractivity contribution >= 4 is 5.69 Å². The maximum absolute atomic E-state index is 8.67. The van der Waals surface area contributed by atoms with E-state index >= 15 is 0 Å². The molecular formula is C13H17N3O. The van der Waals surface area contributed by atoms with Crippen molar-refractivity contribution in [2.45, 2.75) is 32.4 Å². The maximum Gasteiger partial charge on any atom is 0.140 e. The predicted molar refractivity (Wildman–Crippen MR) is 65.6 cm³/mol. The van der Waals surface area contributed by atoms with Crippen molar-refractivity contribution in [3.05, 3.63) is 24.0 Å². The molecule has 0 saturated heterocycles. The highest BCUT2D eigenvalue weighted by Crippen LogP contribution is 2.43. The number of nitrogens with zero attached hydrogens (tertiary/aromatic N) is 2. The third-order valence-corrected chi connectivity index (χ3v) is 3.68. The molecular weight excluding hydrogens is 214 g/mol. The van der Waals surface area contributed by atoms with Crippen LogP contribution in [0.2, 0.25) is 0 Å². The average molecular weight is 231 g/mol. The SMILES string of the molecule is COC1CC(Nc2ccc(C#N)nc2)C1(C)C. The van der Waals surface area contributed by atoms with Crippen molar-refractivity contribution in [3.63, 3.8) is 0 Å². The number of nitriles is 1. The Hall–Kier alpha value is -1.60. The van der Waals surface area contributed by atoms with E-state index < -0.39 is 0 Å². The van der Waals surface area contributed by atoms with Crippen LogP contribution in [0, 0.1) is 16.7 Å². The molecule has 0 radical (unpaired) electrons. The first-order valence-electron chi connectivity index (χ1n) is 5.73. The van der Waals surface area contributed by atoms with Gasteiger partial charge in [-0.2, -0.15) is 5.26 Å². The molecule has 1 aromatic heterocycles. The Bertz CT molecular complexity index is 433. The van der Waals surface area contributed by atoms with Crippen molar-refractivity contribution in [1.82, 2.24) is 4.98 Å². The van der Waals surface area contributed by atoms with Gasteiger partial charge in [0.05, 0.1) is 18.0 Å². The first-order valence-corrected chi connectivity index (χ1v) is 5.73. The van der Waals surface area contributed by atoms with Gasteiger partial charge in [0, 0.05) is 18.6 Å². The second-order valence-electron chi connectivity index (χ2n) is 5.02. The van der Waals surface area contributed by atoms with Gasteiger partial charge in [-0.25, -0.2) is 4.98 Å². The molecule has 0 bridgehead atoms. The van der Waals surface area contributed by atoms with E-state index in [1.807, 2.05) is 12.1 Å². The van der Waals surface area contributed by atoms with Gasteiger partial charge in [-0.1, -0.05) is 13.8 Å². The summed E-state index contributed by atoms with van der Waals surface area (Å²) < 4.78 is 5.41. The predicted octanol–water partition coefficient (Wildman–Crippen LogP) is 2.18. The number of aromatic nitrogens is 1. The topological polar surface area (TPSA) is 57.9 Å². The first-order chi connectivity index (χ1) is 8.07. The minimum absolute atomic E-state index is 0.128. The quantitative estimate of drug-likeness (QED) is 0.866. The summed E-state index contributed by atoms with van der Waals surface area (Å²) >= 11 is 0. The Balaban J connectivity index is 2.01. The molecule has 1 saturated carbocycles. The van der Waals surface area contributed by atoms with Gasteiger partial charge in [0.25, 0.3) is 0 Å². The van der Waals surface area contributed by atoms with Crippen LogP contribution in [-0.4, -0.2) is 24.2 Å². The summed E-state index contributed by atoms with van der Waals surface area (Å²) in [7, 11) is 1.76. The van der Waals surface area contributed by atoms with Gasteiger partial charge < -0.3 is 10.1 Å². The van der Waals surface area contributed by atoms with Gasteiger partial charge in [0.1, 0.15) is 11.8 Å². The Morgan fingerprint density at radius 3 is 2.76 bits per heavy atom. The van der Waals surface area contributed by atoms with Crippen molar-refractivity contribution < 1.29 is 4.74 Å². The van der Waals surface area contributed by atoms with E-state index in [4.69, 9.17) is 10.00 Å². The molecule has 1 aliphatic carbocycles. The molecule has 0 spiro atoms. The standard InChI is InChI=1S/C13H17N3O/c1-13(2)11(6-12(13)17-3)16-10-5-4-9(7-14)15-8-10/h4-5,8,11-12,16H,6H2,1-3H3. The van der Waals surface area contributed by atoms with Crippen molar-refractivity contribution in [3.8, 4) is 6.07 Å². The summed E-state index contributed by atoms with van der Waals surface area (Å²) in [6.45, 7) is 4.39. The number of hydrogen-bond acceptors (Lipinski definition) is 4. The van der Waals surface area contributed by atoms with E-state index in [-0.39, 0.29) is 5.41 Å². The van der Waals surface area contributed by atoms with Gasteiger partial charge in [-0.05, 0) is 18.6 Å². The van der Waals surface area contributed by atoms with E-state index in [0.717, 1.165) is 12.1 Å². The number of ether oxygens (including phenoxy) is 1. The minimum Gasteiger partial charge on any atom is -0.381 e. The van der Waals surface area contributed by atoms with Gasteiger partial charge in [-0.15, -0.1) is 0 Å². The van der Waals surface area contributed by atoms with Gasteiger partial charge in [0.15, 0.2) is 0 Å². The molecule has 0 aliphatic heterocycles. The van der Waals surface area contributed by atoms with E-state index in [1.165, 1.54) is 0 Å². The van der Waals surface area contributed by atoms with Crippen LogP contribution < -0.4 is 5.32 Å². The zero-order valence-corrected chi connectivity index (χ0v) is 10.4. The lowest BCUT2D eigenvalue weighted by Gasteiger charge is -2.51. The molecule has 0 amide bonds. The summed E-state index contributed by atoms with van der Waals surface area (Å²) in [5, 5.41) is 12.1. The molecule has 1 fully saturated rings. The lowest BCUT2D eigenvalue weighted by molar-refractivity contribution is -0.0794. The molecule has 4 heteroatoms. The normalized spacial score (nSPS) is 25.8. The van der Waals surface area contributed by atoms with E-state index in [9.17, 15) is 0 Å². The molecule has 17 heavy (non-hydrogen) atoms. The molecule has 1 aromatic rings. The summed E-state index contributed by atoms with van der Waals surface area (Å²) in [6, 6.07) is 6.01. The number of nitrogens with one attached hydrogen (secondary N) is 1. The fraction of sp³-hybridized carbons (Fsp3) is 0.538. The van der Waals surface area contributed by atoms with Crippen LogP contribution >= 0.6 is 0 Å². The van der Waals surface area contributed by atoms with E-state index in [1.54, 1.807) is 19.4 Å². The number of pyridine rings is 1. The smallest absolute Gasteiger partial charge is 0.140 e. The molecule has 1 heterocycles. The molecule has 1 aliphatic rings. The first kappa shape index (κ1) is 11.9. The molecule has 2 atom stereocenters. The van der Waals surface area contributed by atoms with Crippen LogP contribution in [-0.2, 0) is 4.74 Å². The van der Waals surface area contributed by atoms with Gasteiger partial charge in [0.2, 0.25) is 0 Å². The largest absolute Gasteiger partial charge is 0.381 e. The Labute approximate surface area is 102 Å². The number of hydrogen-bond donors (Lipinski definition) is 1. The van der Waals surface area contributed by atoms with Crippen LogP contribution in [0.15, 0.2) is 18.3 Å². The minimum atomic E-state index is 0.128. The number of rotatable bonds is 3. The molecule has 2 rings (SSSR count). The van der Waals surface area contributed by atoms with Crippen LogP contribution in [0.25, 0.3) is 0 Å². The van der Waals surface area contributed by atoms with Crippen molar-refractivity contribution in [2.24, 2.45) is 5.41 Å². The van der Waals surface area contributed by atoms with Gasteiger partial charge >= 0.3 is 0 Å². The number of anilines is 1. The Morgan fingerprint density at radius 2 is 2.29 bits per heavy atom. The highest BCUT2D eigenvalue weighted by atomic mass is 16.5. The van der Waals surface area contributed by atoms with E-state index in [2.05, 4.69) is 24.1 Å². The van der Waals surface area contributed by atoms with Crippen molar-refractivity contribution in [2.75, 3.05) is 12.4 Å². The summed E-state index contributed by atoms with van der Waals surface area (Å²) in [6.07, 6.45) is 3.02. The van der Waals surface area contributed by atoms with Crippen molar-refractivity contribution in [1.29, 1.82) is 5.26 Å².